The van der Waals surface area contributed by atoms with Gasteiger partial charge in [-0.15, -0.1) is 0 Å². The zero-order valence-corrected chi connectivity index (χ0v) is 12.3. The summed E-state index contributed by atoms with van der Waals surface area (Å²) in [6.07, 6.45) is 6.65. The molecular weight excluding hydrogens is 238 g/mol. The smallest absolute Gasteiger partial charge is 0.0628 e. The molecule has 2 atom stereocenters. The first-order valence-corrected chi connectivity index (χ1v) is 8.03. The van der Waals surface area contributed by atoms with E-state index in [1.54, 1.807) is 0 Å². The third-order valence-corrected chi connectivity index (χ3v) is 5.55. The van der Waals surface area contributed by atoms with Crippen LogP contribution in [-0.4, -0.2) is 72.9 Å². The number of aliphatic hydroxyl groups is 1. The number of nitrogens with one attached hydrogen (secondary N) is 1. The average molecular weight is 267 g/mol. The van der Waals surface area contributed by atoms with Crippen molar-refractivity contribution in [3.63, 3.8) is 0 Å². The molecule has 0 radical (unpaired) electrons. The highest BCUT2D eigenvalue weighted by atomic mass is 16.3. The van der Waals surface area contributed by atoms with Crippen LogP contribution in [0.2, 0.25) is 0 Å². The molecule has 2 aliphatic heterocycles. The predicted octanol–water partition coefficient (Wildman–Crippen LogP) is 0.517. The van der Waals surface area contributed by atoms with Crippen molar-refractivity contribution in [2.45, 2.75) is 43.7 Å². The first kappa shape index (κ1) is 13.8. The van der Waals surface area contributed by atoms with Crippen molar-refractivity contribution < 1.29 is 5.11 Å². The van der Waals surface area contributed by atoms with Crippen LogP contribution < -0.4 is 5.32 Å². The second kappa shape index (κ2) is 5.68. The number of hydrogen-bond acceptors (Lipinski definition) is 4. The summed E-state index contributed by atoms with van der Waals surface area (Å²) in [5, 5.41) is 13.3. The van der Waals surface area contributed by atoms with Crippen molar-refractivity contribution >= 4 is 0 Å². The van der Waals surface area contributed by atoms with Gasteiger partial charge in [0.2, 0.25) is 0 Å². The summed E-state index contributed by atoms with van der Waals surface area (Å²) in [4.78, 5) is 5.26. The molecular formula is C15H29N3O. The van der Waals surface area contributed by atoms with Crippen LogP contribution in [0.4, 0.5) is 0 Å². The number of hydrogen-bond donors (Lipinski definition) is 2. The lowest BCUT2D eigenvalue weighted by molar-refractivity contribution is 0.103. The number of aliphatic hydroxyl groups excluding tert-OH is 1. The van der Waals surface area contributed by atoms with Gasteiger partial charge in [-0.25, -0.2) is 0 Å². The third-order valence-electron chi connectivity index (χ3n) is 5.55. The zero-order valence-electron chi connectivity index (χ0n) is 12.3. The summed E-state index contributed by atoms with van der Waals surface area (Å²) in [6.45, 7) is 6.32. The Morgan fingerprint density at radius 2 is 1.89 bits per heavy atom. The highest BCUT2D eigenvalue weighted by Gasteiger charge is 2.45. The standard InChI is InChI=1S/C15H29N3O/c1-16-15(12-19,13-4-5-13)11-17-9-6-14(10-17)18-7-2-3-8-18/h13-14,16,19H,2-12H2,1H3. The molecule has 0 aromatic rings. The van der Waals surface area contributed by atoms with Crippen LogP contribution in [0.1, 0.15) is 32.1 Å². The molecule has 3 aliphatic rings. The quantitative estimate of drug-likeness (QED) is 0.736. The molecule has 3 rings (SSSR count). The molecule has 1 aliphatic carbocycles. The van der Waals surface area contributed by atoms with Gasteiger partial charge in [-0.3, -0.25) is 9.80 Å². The van der Waals surface area contributed by atoms with Crippen LogP contribution in [-0.2, 0) is 0 Å². The first-order valence-electron chi connectivity index (χ1n) is 8.03. The number of likely N-dealkylation sites (N-methyl/N-ethyl adjacent to an activating group) is 1. The number of nitrogens with zero attached hydrogens (tertiary/aromatic N) is 2. The van der Waals surface area contributed by atoms with Crippen molar-refractivity contribution in [3.05, 3.63) is 0 Å². The maximum atomic E-state index is 9.83. The van der Waals surface area contributed by atoms with Crippen molar-refractivity contribution in [3.8, 4) is 0 Å². The fourth-order valence-electron chi connectivity index (χ4n) is 4.07. The Morgan fingerprint density at radius 1 is 1.16 bits per heavy atom. The van der Waals surface area contributed by atoms with Crippen LogP contribution in [0.15, 0.2) is 0 Å². The summed E-state index contributed by atoms with van der Waals surface area (Å²) in [5.74, 6) is 0.688. The monoisotopic (exact) mass is 267 g/mol. The largest absolute Gasteiger partial charge is 0.394 e. The fourth-order valence-corrected chi connectivity index (χ4v) is 4.07. The molecule has 2 N–H and O–H groups in total. The Labute approximate surface area is 117 Å². The van der Waals surface area contributed by atoms with Crippen LogP contribution in [0.5, 0.6) is 0 Å². The Kier molecular flexibility index (Phi) is 4.13. The molecule has 4 heteroatoms. The van der Waals surface area contributed by atoms with E-state index in [0.29, 0.717) is 5.92 Å². The fraction of sp³-hybridized carbons (Fsp3) is 1.00. The number of likely N-dealkylation sites (tertiary alicyclic amines) is 2. The highest BCUT2D eigenvalue weighted by molar-refractivity contribution is 5.03. The third kappa shape index (κ3) is 2.82. The lowest BCUT2D eigenvalue weighted by atomic mass is 9.93. The van der Waals surface area contributed by atoms with E-state index in [1.807, 2.05) is 7.05 Å². The van der Waals surface area contributed by atoms with Gasteiger partial charge in [0.05, 0.1) is 12.1 Å². The summed E-state index contributed by atoms with van der Waals surface area (Å²) in [5.41, 5.74) is -0.0418. The summed E-state index contributed by atoms with van der Waals surface area (Å²) in [7, 11) is 2.02. The van der Waals surface area contributed by atoms with E-state index in [9.17, 15) is 5.11 Å². The van der Waals surface area contributed by atoms with Gasteiger partial charge in [0, 0.05) is 19.1 Å². The highest BCUT2D eigenvalue weighted by Crippen LogP contribution is 2.40. The number of rotatable bonds is 6. The van der Waals surface area contributed by atoms with E-state index in [-0.39, 0.29) is 12.1 Å². The van der Waals surface area contributed by atoms with E-state index in [1.165, 1.54) is 58.3 Å². The van der Waals surface area contributed by atoms with Gasteiger partial charge in [-0.1, -0.05) is 0 Å². The molecule has 0 amide bonds. The molecule has 19 heavy (non-hydrogen) atoms. The van der Waals surface area contributed by atoms with Gasteiger partial charge in [0.25, 0.3) is 0 Å². The lowest BCUT2D eigenvalue weighted by Gasteiger charge is -2.36. The molecule has 0 spiro atoms. The minimum atomic E-state index is -0.0418. The second-order valence-electron chi connectivity index (χ2n) is 6.76. The van der Waals surface area contributed by atoms with Crippen LogP contribution in [0, 0.1) is 5.92 Å². The summed E-state index contributed by atoms with van der Waals surface area (Å²) in [6, 6.07) is 0.773. The van der Waals surface area contributed by atoms with Crippen molar-refractivity contribution in [1.82, 2.24) is 15.1 Å². The molecule has 0 aromatic heterocycles. The normalized spacial score (nSPS) is 32.8. The minimum absolute atomic E-state index is 0.0418. The minimum Gasteiger partial charge on any atom is -0.394 e. The summed E-state index contributed by atoms with van der Waals surface area (Å²) >= 11 is 0. The van der Waals surface area contributed by atoms with E-state index in [2.05, 4.69) is 15.1 Å². The van der Waals surface area contributed by atoms with Crippen LogP contribution in [0.25, 0.3) is 0 Å². The van der Waals surface area contributed by atoms with E-state index < -0.39 is 0 Å². The van der Waals surface area contributed by atoms with Gasteiger partial charge in [-0.05, 0) is 64.7 Å². The Bertz CT molecular complexity index is 296. The molecule has 2 saturated heterocycles. The lowest BCUT2D eigenvalue weighted by Crippen LogP contribution is -2.56. The van der Waals surface area contributed by atoms with Crippen molar-refractivity contribution in [2.75, 3.05) is 46.4 Å². The Morgan fingerprint density at radius 3 is 2.47 bits per heavy atom. The molecule has 3 fully saturated rings. The SMILES string of the molecule is CNC(CO)(CN1CCC(N2CCCC2)C1)C1CC1. The second-order valence-corrected chi connectivity index (χ2v) is 6.76. The van der Waals surface area contributed by atoms with E-state index >= 15 is 0 Å². The predicted molar refractivity (Wildman–Crippen MR) is 77.3 cm³/mol. The van der Waals surface area contributed by atoms with Gasteiger partial charge in [-0.2, -0.15) is 0 Å². The maximum Gasteiger partial charge on any atom is 0.0628 e. The molecule has 2 unspecified atom stereocenters. The first-order chi connectivity index (χ1) is 9.27. The van der Waals surface area contributed by atoms with Gasteiger partial charge in [0.1, 0.15) is 0 Å². The topological polar surface area (TPSA) is 38.7 Å². The van der Waals surface area contributed by atoms with Crippen molar-refractivity contribution in [1.29, 1.82) is 0 Å². The van der Waals surface area contributed by atoms with E-state index in [0.717, 1.165) is 12.6 Å². The zero-order chi connectivity index (χ0) is 13.3. The van der Waals surface area contributed by atoms with E-state index in [4.69, 9.17) is 0 Å². The van der Waals surface area contributed by atoms with Gasteiger partial charge in [0.15, 0.2) is 0 Å². The molecule has 4 nitrogen and oxygen atoms in total. The van der Waals surface area contributed by atoms with Crippen LogP contribution in [0.3, 0.4) is 0 Å². The van der Waals surface area contributed by atoms with Gasteiger partial charge >= 0.3 is 0 Å². The molecule has 0 bridgehead atoms. The molecule has 110 valence electrons. The summed E-state index contributed by atoms with van der Waals surface area (Å²) < 4.78 is 0. The Hall–Kier alpha value is -0.160. The molecule has 0 aromatic carbocycles. The molecule has 2 heterocycles. The van der Waals surface area contributed by atoms with Gasteiger partial charge < -0.3 is 10.4 Å². The molecule has 1 saturated carbocycles. The Balaban J connectivity index is 1.55. The maximum absolute atomic E-state index is 9.83. The van der Waals surface area contributed by atoms with Crippen LogP contribution >= 0.6 is 0 Å². The average Bonchev–Trinajstić information content (AvgIpc) is 2.97. The van der Waals surface area contributed by atoms with Crippen molar-refractivity contribution in [2.24, 2.45) is 5.92 Å².